The highest BCUT2D eigenvalue weighted by atomic mass is 16.5. The van der Waals surface area contributed by atoms with Crippen molar-refractivity contribution >= 4 is 11.8 Å². The zero-order valence-corrected chi connectivity index (χ0v) is 11.1. The molecule has 2 rings (SSSR count). The van der Waals surface area contributed by atoms with Crippen LogP contribution >= 0.6 is 0 Å². The van der Waals surface area contributed by atoms with Gasteiger partial charge in [-0.15, -0.1) is 0 Å². The van der Waals surface area contributed by atoms with Gasteiger partial charge in [0.15, 0.2) is 5.69 Å². The number of esters is 1. The molecule has 1 atom stereocenters. The van der Waals surface area contributed by atoms with Gasteiger partial charge in [0.2, 0.25) is 0 Å². The number of nitrogen functional groups attached to an aromatic ring is 1. The predicted molar refractivity (Wildman–Crippen MR) is 69.3 cm³/mol. The number of anilines is 1. The largest absolute Gasteiger partial charge is 0.461 e. The second-order valence-electron chi connectivity index (χ2n) is 4.89. The summed E-state index contributed by atoms with van der Waals surface area (Å²) >= 11 is 0. The predicted octanol–water partition coefficient (Wildman–Crippen LogP) is 2.39. The zero-order chi connectivity index (χ0) is 13.1. The minimum atomic E-state index is -0.438. The van der Waals surface area contributed by atoms with Crippen molar-refractivity contribution in [3.05, 3.63) is 12.0 Å². The molecule has 5 nitrogen and oxygen atoms in total. The number of imidazole rings is 1. The Labute approximate surface area is 107 Å². The number of nitrogens with two attached hydrogens (primary N) is 1. The quantitative estimate of drug-likeness (QED) is 0.834. The van der Waals surface area contributed by atoms with Gasteiger partial charge in [-0.05, 0) is 32.6 Å². The Morgan fingerprint density at radius 2 is 2.28 bits per heavy atom. The van der Waals surface area contributed by atoms with E-state index in [1.165, 1.54) is 25.7 Å². The van der Waals surface area contributed by atoms with Crippen LogP contribution in [0.4, 0.5) is 5.82 Å². The van der Waals surface area contributed by atoms with E-state index in [4.69, 9.17) is 10.5 Å². The lowest BCUT2D eigenvalue weighted by Gasteiger charge is -2.21. The zero-order valence-electron chi connectivity index (χ0n) is 11.1. The van der Waals surface area contributed by atoms with Crippen LogP contribution in [0.3, 0.4) is 0 Å². The fourth-order valence-corrected chi connectivity index (χ4v) is 2.72. The van der Waals surface area contributed by atoms with E-state index in [1.54, 1.807) is 13.3 Å². The smallest absolute Gasteiger partial charge is 0.360 e. The van der Waals surface area contributed by atoms with Gasteiger partial charge in [-0.2, -0.15) is 0 Å². The minimum absolute atomic E-state index is 0.238. The van der Waals surface area contributed by atoms with Crippen molar-refractivity contribution in [3.63, 3.8) is 0 Å². The Morgan fingerprint density at radius 1 is 1.61 bits per heavy atom. The summed E-state index contributed by atoms with van der Waals surface area (Å²) < 4.78 is 6.84. The third-order valence-corrected chi connectivity index (χ3v) is 3.82. The lowest BCUT2D eigenvalue weighted by Crippen LogP contribution is -2.16. The third kappa shape index (κ3) is 2.35. The molecule has 100 valence electrons. The first kappa shape index (κ1) is 12.9. The van der Waals surface area contributed by atoms with Crippen molar-refractivity contribution in [1.82, 2.24) is 9.55 Å². The maximum atomic E-state index is 11.6. The van der Waals surface area contributed by atoms with Crippen molar-refractivity contribution in [3.8, 4) is 0 Å². The maximum absolute atomic E-state index is 11.6. The van der Waals surface area contributed by atoms with Crippen LogP contribution in [0.5, 0.6) is 0 Å². The molecule has 1 aromatic heterocycles. The number of rotatable bonds is 4. The van der Waals surface area contributed by atoms with Gasteiger partial charge < -0.3 is 15.0 Å². The molecule has 0 bridgehead atoms. The highest BCUT2D eigenvalue weighted by Crippen LogP contribution is 2.35. The van der Waals surface area contributed by atoms with Gasteiger partial charge in [-0.25, -0.2) is 9.78 Å². The number of carbonyl (C=O) groups is 1. The van der Waals surface area contributed by atoms with Gasteiger partial charge in [-0.1, -0.05) is 12.8 Å². The first-order chi connectivity index (χ1) is 8.65. The van der Waals surface area contributed by atoms with Crippen molar-refractivity contribution in [2.45, 2.75) is 45.6 Å². The maximum Gasteiger partial charge on any atom is 0.360 e. The SMILES string of the molecule is CCOC(=O)c1ncn(C(C)C2CCCC2)c1N. The molecule has 2 N–H and O–H groups in total. The van der Waals surface area contributed by atoms with Crippen LogP contribution in [-0.4, -0.2) is 22.1 Å². The molecule has 0 saturated heterocycles. The molecule has 1 aliphatic carbocycles. The first-order valence-corrected chi connectivity index (χ1v) is 6.64. The monoisotopic (exact) mass is 251 g/mol. The van der Waals surface area contributed by atoms with Crippen LogP contribution in [0.15, 0.2) is 6.33 Å². The molecule has 0 spiro atoms. The Kier molecular flexibility index (Phi) is 3.89. The van der Waals surface area contributed by atoms with Gasteiger partial charge in [0.1, 0.15) is 5.82 Å². The standard InChI is InChI=1S/C13H21N3O2/c1-3-18-13(17)11-12(14)16(8-15-11)9(2)10-6-4-5-7-10/h8-10H,3-7,14H2,1-2H3. The van der Waals surface area contributed by atoms with Crippen LogP contribution in [-0.2, 0) is 4.74 Å². The number of ether oxygens (including phenoxy) is 1. The van der Waals surface area contributed by atoms with E-state index in [-0.39, 0.29) is 5.69 Å². The molecule has 0 amide bonds. The molecule has 18 heavy (non-hydrogen) atoms. The summed E-state index contributed by atoms with van der Waals surface area (Å²) in [4.78, 5) is 15.7. The molecule has 1 aliphatic rings. The van der Waals surface area contributed by atoms with Crippen LogP contribution in [0, 0.1) is 5.92 Å². The lowest BCUT2D eigenvalue weighted by atomic mass is 10.00. The molecule has 5 heteroatoms. The van der Waals surface area contributed by atoms with E-state index in [0.29, 0.717) is 24.4 Å². The van der Waals surface area contributed by atoms with Crippen molar-refractivity contribution < 1.29 is 9.53 Å². The second kappa shape index (κ2) is 5.42. The number of carbonyl (C=O) groups excluding carboxylic acids is 1. The normalized spacial score (nSPS) is 17.9. The summed E-state index contributed by atoms with van der Waals surface area (Å²) in [5, 5.41) is 0. The first-order valence-electron chi connectivity index (χ1n) is 6.64. The molecule has 0 radical (unpaired) electrons. The lowest BCUT2D eigenvalue weighted by molar-refractivity contribution is 0.0521. The van der Waals surface area contributed by atoms with Gasteiger partial charge in [-0.3, -0.25) is 0 Å². The minimum Gasteiger partial charge on any atom is -0.461 e. The summed E-state index contributed by atoms with van der Waals surface area (Å²) in [6.07, 6.45) is 6.69. The fourth-order valence-electron chi connectivity index (χ4n) is 2.72. The van der Waals surface area contributed by atoms with E-state index in [9.17, 15) is 4.79 Å². The van der Waals surface area contributed by atoms with Crippen LogP contribution in [0.2, 0.25) is 0 Å². The molecule has 1 unspecified atom stereocenters. The van der Waals surface area contributed by atoms with E-state index in [2.05, 4.69) is 11.9 Å². The summed E-state index contributed by atoms with van der Waals surface area (Å²) in [6, 6.07) is 0.295. The number of hydrogen-bond donors (Lipinski definition) is 1. The van der Waals surface area contributed by atoms with Crippen molar-refractivity contribution in [2.24, 2.45) is 5.92 Å². The van der Waals surface area contributed by atoms with Crippen molar-refractivity contribution in [1.29, 1.82) is 0 Å². The Balaban J connectivity index is 2.16. The van der Waals surface area contributed by atoms with E-state index < -0.39 is 5.97 Å². The number of nitrogens with zero attached hydrogens (tertiary/aromatic N) is 2. The fraction of sp³-hybridized carbons (Fsp3) is 0.692. The molecule has 1 aromatic rings. The van der Waals surface area contributed by atoms with Gasteiger partial charge in [0, 0.05) is 6.04 Å². The van der Waals surface area contributed by atoms with E-state index >= 15 is 0 Å². The Morgan fingerprint density at radius 3 is 2.89 bits per heavy atom. The summed E-state index contributed by atoms with van der Waals surface area (Å²) in [6.45, 7) is 4.25. The van der Waals surface area contributed by atoms with Gasteiger partial charge in [0.05, 0.1) is 12.9 Å². The average Bonchev–Trinajstić information content (AvgIpc) is 2.97. The molecule has 1 fully saturated rings. The third-order valence-electron chi connectivity index (χ3n) is 3.82. The molecule has 1 heterocycles. The number of hydrogen-bond acceptors (Lipinski definition) is 4. The Hall–Kier alpha value is -1.52. The summed E-state index contributed by atoms with van der Waals surface area (Å²) in [5.74, 6) is 0.622. The molecule has 0 aliphatic heterocycles. The van der Waals surface area contributed by atoms with Crippen LogP contribution in [0.25, 0.3) is 0 Å². The van der Waals surface area contributed by atoms with Crippen LogP contribution < -0.4 is 5.73 Å². The topological polar surface area (TPSA) is 70.1 Å². The van der Waals surface area contributed by atoms with E-state index in [0.717, 1.165) is 0 Å². The highest BCUT2D eigenvalue weighted by Gasteiger charge is 2.26. The highest BCUT2D eigenvalue weighted by molar-refractivity contribution is 5.92. The second-order valence-corrected chi connectivity index (χ2v) is 4.89. The van der Waals surface area contributed by atoms with Gasteiger partial charge >= 0.3 is 5.97 Å². The molecule has 1 saturated carbocycles. The molecular weight excluding hydrogens is 230 g/mol. The van der Waals surface area contributed by atoms with Crippen molar-refractivity contribution in [2.75, 3.05) is 12.3 Å². The summed E-state index contributed by atoms with van der Waals surface area (Å²) in [5.41, 5.74) is 6.24. The Bertz CT molecular complexity index is 422. The number of aromatic nitrogens is 2. The molecule has 0 aromatic carbocycles. The van der Waals surface area contributed by atoms with Crippen LogP contribution in [0.1, 0.15) is 56.1 Å². The average molecular weight is 251 g/mol. The summed E-state index contributed by atoms with van der Waals surface area (Å²) in [7, 11) is 0. The van der Waals surface area contributed by atoms with Gasteiger partial charge in [0.25, 0.3) is 0 Å². The molecular formula is C13H21N3O2. The van der Waals surface area contributed by atoms with E-state index in [1.807, 2.05) is 4.57 Å².